The fraction of sp³-hybridized carbons (Fsp3) is 0.423. The molecule has 0 bridgehead atoms. The zero-order valence-corrected chi connectivity index (χ0v) is 21.3. The molecule has 2 fully saturated rings. The second-order valence-electron chi connectivity index (χ2n) is 10.1. The Morgan fingerprint density at radius 1 is 1.06 bits per heavy atom. The van der Waals surface area contributed by atoms with Crippen LogP contribution in [0.15, 0.2) is 36.7 Å². The number of amides is 1. The lowest BCUT2D eigenvalue weighted by molar-refractivity contribution is -0.125. The molecule has 3 aliphatic rings. The summed E-state index contributed by atoms with van der Waals surface area (Å²) in [5, 5.41) is 1.01. The van der Waals surface area contributed by atoms with Crippen molar-refractivity contribution in [3.05, 3.63) is 47.8 Å². The third-order valence-electron chi connectivity index (χ3n) is 8.07. The van der Waals surface area contributed by atoms with E-state index < -0.39 is 16.7 Å². The monoisotopic (exact) mass is 505 g/mol. The molecule has 1 aliphatic carbocycles. The van der Waals surface area contributed by atoms with Gasteiger partial charge in [0.1, 0.15) is 5.82 Å². The minimum Gasteiger partial charge on any atom is -0.760 e. The Labute approximate surface area is 212 Å². The van der Waals surface area contributed by atoms with Gasteiger partial charge < -0.3 is 19.3 Å². The number of anilines is 2. The molecule has 6 rings (SSSR count). The maximum Gasteiger partial charge on any atom is 0.237 e. The summed E-state index contributed by atoms with van der Waals surface area (Å²) in [6.45, 7) is 3.72. The van der Waals surface area contributed by atoms with Gasteiger partial charge in [0.25, 0.3) is 0 Å². The highest BCUT2D eigenvalue weighted by atomic mass is 32.2. The SMILES string of the molecule is CN1CCN(c2ncc(-c3ccc4ncc5c(c4c3)C3(CCC3)C(=O)N5C)cc2CNS(=O)[O-])CC1. The Morgan fingerprint density at radius 3 is 2.53 bits per heavy atom. The molecule has 1 amide bonds. The van der Waals surface area contributed by atoms with E-state index in [1.54, 1.807) is 4.90 Å². The van der Waals surface area contributed by atoms with Crippen molar-refractivity contribution in [2.75, 3.05) is 50.1 Å². The first-order valence-corrected chi connectivity index (χ1v) is 13.4. The van der Waals surface area contributed by atoms with Gasteiger partial charge in [-0.2, -0.15) is 0 Å². The standard InChI is InChI=1S/C26H30N6O3S/c1-30-8-10-32(11-9-30)24-19(15-29-36(34)35)12-18(14-28-24)17-4-5-21-20(13-17)23-22(16-27-21)31(2)25(33)26(23)6-3-7-26/h4-5,12-14,16,29H,3,6-11,15H2,1-2H3,(H,34,35)/p-1. The van der Waals surface area contributed by atoms with Crippen molar-refractivity contribution in [2.24, 2.45) is 0 Å². The van der Waals surface area contributed by atoms with E-state index in [1.807, 2.05) is 37.6 Å². The third-order valence-corrected chi connectivity index (χ3v) is 8.45. The summed E-state index contributed by atoms with van der Waals surface area (Å²) < 4.78 is 25.1. The summed E-state index contributed by atoms with van der Waals surface area (Å²) in [6, 6.07) is 8.15. The normalized spacial score (nSPS) is 20.1. The number of benzene rings is 1. The number of pyridine rings is 2. The van der Waals surface area contributed by atoms with Gasteiger partial charge in [0.15, 0.2) is 0 Å². The van der Waals surface area contributed by atoms with E-state index in [1.165, 1.54) is 0 Å². The van der Waals surface area contributed by atoms with Crippen LogP contribution in [0.4, 0.5) is 11.5 Å². The highest BCUT2D eigenvalue weighted by molar-refractivity contribution is 7.77. The molecule has 2 aromatic heterocycles. The van der Waals surface area contributed by atoms with Gasteiger partial charge in [-0.15, -0.1) is 0 Å². The largest absolute Gasteiger partial charge is 0.760 e. The van der Waals surface area contributed by atoms with E-state index in [2.05, 4.69) is 32.6 Å². The van der Waals surface area contributed by atoms with Crippen LogP contribution in [0.2, 0.25) is 0 Å². The van der Waals surface area contributed by atoms with Crippen LogP contribution in [-0.2, 0) is 28.0 Å². The smallest absolute Gasteiger partial charge is 0.237 e. The molecule has 1 aromatic carbocycles. The number of likely N-dealkylation sites (N-methyl/N-ethyl adjacent to an activating group) is 2. The van der Waals surface area contributed by atoms with Crippen LogP contribution in [0.3, 0.4) is 0 Å². The first-order valence-electron chi connectivity index (χ1n) is 12.3. The maximum atomic E-state index is 13.2. The van der Waals surface area contributed by atoms with Crippen LogP contribution in [0.25, 0.3) is 22.0 Å². The van der Waals surface area contributed by atoms with Crippen molar-refractivity contribution in [1.82, 2.24) is 19.6 Å². The third kappa shape index (κ3) is 3.71. The number of nitrogens with one attached hydrogen (secondary N) is 1. The Balaban J connectivity index is 1.43. The van der Waals surface area contributed by atoms with Crippen LogP contribution in [-0.4, -0.2) is 69.8 Å². The average Bonchev–Trinajstić information content (AvgIpc) is 3.10. The summed E-state index contributed by atoms with van der Waals surface area (Å²) in [6.07, 6.45) is 6.48. The lowest BCUT2D eigenvalue weighted by Crippen LogP contribution is -2.45. The number of carbonyl (C=O) groups is 1. The van der Waals surface area contributed by atoms with Crippen molar-refractivity contribution in [3.63, 3.8) is 0 Å². The number of hydrogen-bond acceptors (Lipinski definition) is 7. The van der Waals surface area contributed by atoms with E-state index in [-0.39, 0.29) is 12.5 Å². The molecule has 1 saturated carbocycles. The predicted octanol–water partition coefficient (Wildman–Crippen LogP) is 2.33. The minimum atomic E-state index is -2.36. The quantitative estimate of drug-likeness (QED) is 0.531. The Kier molecular flexibility index (Phi) is 5.79. The molecule has 4 heterocycles. The second kappa shape index (κ2) is 8.88. The van der Waals surface area contributed by atoms with Crippen LogP contribution in [0.5, 0.6) is 0 Å². The molecule has 1 atom stereocenters. The molecule has 1 spiro atoms. The Bertz CT molecular complexity index is 1380. The van der Waals surface area contributed by atoms with Crippen molar-refractivity contribution in [3.8, 4) is 11.1 Å². The Hall–Kier alpha value is -2.92. The molecule has 1 N–H and O–H groups in total. The lowest BCUT2D eigenvalue weighted by Gasteiger charge is -2.37. The molecule has 188 valence electrons. The van der Waals surface area contributed by atoms with E-state index >= 15 is 0 Å². The molecular weight excluding hydrogens is 476 g/mol. The topological polar surface area (TPSA) is 105 Å². The molecule has 1 unspecified atom stereocenters. The maximum absolute atomic E-state index is 13.2. The van der Waals surface area contributed by atoms with E-state index in [0.29, 0.717) is 0 Å². The van der Waals surface area contributed by atoms with Crippen LogP contribution < -0.4 is 14.5 Å². The summed E-state index contributed by atoms with van der Waals surface area (Å²) >= 11 is -2.36. The molecule has 0 radical (unpaired) electrons. The highest BCUT2D eigenvalue weighted by Gasteiger charge is 2.54. The molecular formula is C26H29N6O3S-. The lowest BCUT2D eigenvalue weighted by atomic mass is 9.64. The van der Waals surface area contributed by atoms with E-state index in [9.17, 15) is 13.6 Å². The molecule has 10 heteroatoms. The number of nitrogens with zero attached hydrogens (tertiary/aromatic N) is 5. The Morgan fingerprint density at radius 2 is 1.83 bits per heavy atom. The number of carbonyl (C=O) groups excluding carboxylic acids is 1. The summed E-state index contributed by atoms with van der Waals surface area (Å²) in [4.78, 5) is 28.9. The van der Waals surface area contributed by atoms with Crippen molar-refractivity contribution < 1.29 is 13.6 Å². The van der Waals surface area contributed by atoms with Gasteiger partial charge in [-0.3, -0.25) is 14.0 Å². The first kappa shape index (κ1) is 23.5. The van der Waals surface area contributed by atoms with Gasteiger partial charge in [0.2, 0.25) is 5.91 Å². The van der Waals surface area contributed by atoms with Crippen molar-refractivity contribution in [2.45, 2.75) is 31.2 Å². The predicted molar refractivity (Wildman–Crippen MR) is 139 cm³/mol. The first-order chi connectivity index (χ1) is 17.4. The van der Waals surface area contributed by atoms with Gasteiger partial charge in [-0.1, -0.05) is 12.5 Å². The number of hydrogen-bond donors (Lipinski definition) is 1. The molecule has 36 heavy (non-hydrogen) atoms. The van der Waals surface area contributed by atoms with Gasteiger partial charge in [-0.25, -0.2) is 9.71 Å². The van der Waals surface area contributed by atoms with E-state index in [0.717, 1.165) is 90.1 Å². The van der Waals surface area contributed by atoms with Gasteiger partial charge in [0, 0.05) is 79.3 Å². The molecule has 2 aliphatic heterocycles. The zero-order chi connectivity index (χ0) is 25.0. The highest BCUT2D eigenvalue weighted by Crippen LogP contribution is 2.55. The molecule has 9 nitrogen and oxygen atoms in total. The zero-order valence-electron chi connectivity index (χ0n) is 20.5. The van der Waals surface area contributed by atoms with Crippen molar-refractivity contribution in [1.29, 1.82) is 0 Å². The number of aromatic nitrogens is 2. The van der Waals surface area contributed by atoms with Crippen LogP contribution >= 0.6 is 0 Å². The number of fused-ring (bicyclic) bond motifs is 4. The average molecular weight is 506 g/mol. The second-order valence-corrected chi connectivity index (χ2v) is 10.9. The summed E-state index contributed by atoms with van der Waals surface area (Å²) in [5.41, 5.74) is 5.15. The van der Waals surface area contributed by atoms with E-state index in [4.69, 9.17) is 4.98 Å². The fourth-order valence-corrected chi connectivity index (χ4v) is 6.15. The van der Waals surface area contributed by atoms with Gasteiger partial charge >= 0.3 is 0 Å². The number of rotatable bonds is 5. The van der Waals surface area contributed by atoms with Crippen molar-refractivity contribution >= 4 is 39.6 Å². The van der Waals surface area contributed by atoms with Gasteiger partial charge in [0.05, 0.1) is 22.8 Å². The van der Waals surface area contributed by atoms with Crippen LogP contribution in [0.1, 0.15) is 30.4 Å². The summed E-state index contributed by atoms with van der Waals surface area (Å²) in [5.74, 6) is 0.981. The molecule has 1 saturated heterocycles. The summed E-state index contributed by atoms with van der Waals surface area (Å²) in [7, 11) is 3.94. The van der Waals surface area contributed by atoms with Gasteiger partial charge in [-0.05, 0) is 43.7 Å². The van der Waals surface area contributed by atoms with Crippen LogP contribution in [0, 0.1) is 0 Å². The minimum absolute atomic E-state index is 0.167. The number of piperazine rings is 1. The molecule has 3 aromatic rings. The fourth-order valence-electron chi connectivity index (χ4n) is 5.88.